The Balaban J connectivity index is 2.00. The monoisotopic (exact) mass is 185 g/mol. The third-order valence-corrected chi connectivity index (χ3v) is 2.40. The van der Waals surface area contributed by atoms with Crippen molar-refractivity contribution in [3.05, 3.63) is 0 Å². The molecule has 1 atom stereocenters. The summed E-state index contributed by atoms with van der Waals surface area (Å²) in [5.41, 5.74) is 0. The van der Waals surface area contributed by atoms with Crippen LogP contribution in [0.5, 0.6) is 0 Å². The zero-order valence-electron chi connectivity index (χ0n) is 7.10. The minimum atomic E-state index is -0.891. The second-order valence-corrected chi connectivity index (χ2v) is 3.50. The zero-order chi connectivity index (χ0) is 9.42. The van der Waals surface area contributed by atoms with Crippen LogP contribution < -0.4 is 0 Å². The lowest BCUT2D eigenvalue weighted by Gasteiger charge is -2.30. The van der Waals surface area contributed by atoms with E-state index in [9.17, 15) is 9.59 Å². The van der Waals surface area contributed by atoms with Gasteiger partial charge in [-0.25, -0.2) is 4.79 Å². The molecule has 1 aliphatic carbocycles. The van der Waals surface area contributed by atoms with E-state index in [-0.39, 0.29) is 18.7 Å². The van der Waals surface area contributed by atoms with Crippen molar-refractivity contribution in [1.82, 2.24) is 4.90 Å². The lowest BCUT2D eigenvalue weighted by molar-refractivity contribution is -0.145. The SMILES string of the molecule is O=C(O)C1COC(=O)N(C2CC2)C1. The predicted octanol–water partition coefficient (Wildman–Crippen LogP) is 0.302. The molecule has 0 aromatic rings. The Labute approximate surface area is 75.3 Å². The zero-order valence-corrected chi connectivity index (χ0v) is 7.10. The van der Waals surface area contributed by atoms with Gasteiger partial charge in [0.1, 0.15) is 12.5 Å². The highest BCUT2D eigenvalue weighted by molar-refractivity contribution is 5.75. The van der Waals surface area contributed by atoms with E-state index < -0.39 is 11.9 Å². The van der Waals surface area contributed by atoms with Gasteiger partial charge in [0.05, 0.1) is 0 Å². The van der Waals surface area contributed by atoms with Gasteiger partial charge in [0.15, 0.2) is 0 Å². The Morgan fingerprint density at radius 1 is 1.54 bits per heavy atom. The number of cyclic esters (lactones) is 1. The number of hydrogen-bond acceptors (Lipinski definition) is 3. The van der Waals surface area contributed by atoms with Crippen LogP contribution in [0.3, 0.4) is 0 Å². The fourth-order valence-corrected chi connectivity index (χ4v) is 1.45. The van der Waals surface area contributed by atoms with E-state index in [0.717, 1.165) is 12.8 Å². The second kappa shape index (κ2) is 2.90. The molecule has 0 radical (unpaired) electrons. The van der Waals surface area contributed by atoms with Gasteiger partial charge in [0.25, 0.3) is 0 Å². The standard InChI is InChI=1S/C8H11NO4/c10-7(11)5-3-9(6-1-2-6)8(12)13-4-5/h5-6H,1-4H2,(H,10,11). The molecule has 0 spiro atoms. The minimum Gasteiger partial charge on any atom is -0.481 e. The van der Waals surface area contributed by atoms with E-state index in [1.54, 1.807) is 0 Å². The molecule has 1 saturated carbocycles. The first-order valence-electron chi connectivity index (χ1n) is 4.34. The first-order valence-corrected chi connectivity index (χ1v) is 4.34. The summed E-state index contributed by atoms with van der Waals surface area (Å²) in [5, 5.41) is 8.73. The first kappa shape index (κ1) is 8.34. The molecule has 1 aliphatic heterocycles. The van der Waals surface area contributed by atoms with Gasteiger partial charge < -0.3 is 14.7 Å². The molecular formula is C8H11NO4. The topological polar surface area (TPSA) is 66.8 Å². The number of amides is 1. The number of ether oxygens (including phenoxy) is 1. The quantitative estimate of drug-likeness (QED) is 0.672. The summed E-state index contributed by atoms with van der Waals surface area (Å²) >= 11 is 0. The molecule has 5 nitrogen and oxygen atoms in total. The van der Waals surface area contributed by atoms with E-state index in [2.05, 4.69) is 0 Å². The average Bonchev–Trinajstić information content (AvgIpc) is 2.87. The highest BCUT2D eigenvalue weighted by atomic mass is 16.6. The highest BCUT2D eigenvalue weighted by Gasteiger charge is 2.40. The van der Waals surface area contributed by atoms with Crippen LogP contribution in [0.25, 0.3) is 0 Å². The maximum atomic E-state index is 11.2. The van der Waals surface area contributed by atoms with Crippen LogP contribution in [0.4, 0.5) is 4.79 Å². The van der Waals surface area contributed by atoms with Crippen LogP contribution in [0.15, 0.2) is 0 Å². The number of rotatable bonds is 2. The second-order valence-electron chi connectivity index (χ2n) is 3.50. The molecule has 2 rings (SSSR count). The van der Waals surface area contributed by atoms with Crippen LogP contribution in [-0.2, 0) is 9.53 Å². The van der Waals surface area contributed by atoms with E-state index in [0.29, 0.717) is 6.54 Å². The van der Waals surface area contributed by atoms with Gasteiger partial charge in [-0.3, -0.25) is 4.79 Å². The van der Waals surface area contributed by atoms with E-state index in [1.165, 1.54) is 4.90 Å². The predicted molar refractivity (Wildman–Crippen MR) is 42.2 cm³/mol. The van der Waals surface area contributed by atoms with Crippen LogP contribution in [-0.4, -0.2) is 41.3 Å². The van der Waals surface area contributed by atoms with Gasteiger partial charge in [0, 0.05) is 12.6 Å². The van der Waals surface area contributed by atoms with Crippen LogP contribution >= 0.6 is 0 Å². The van der Waals surface area contributed by atoms with Crippen molar-refractivity contribution >= 4 is 12.1 Å². The van der Waals surface area contributed by atoms with Gasteiger partial charge >= 0.3 is 12.1 Å². The van der Waals surface area contributed by atoms with Crippen molar-refractivity contribution < 1.29 is 19.4 Å². The Kier molecular flexibility index (Phi) is 1.86. The number of carboxylic acids is 1. The van der Waals surface area contributed by atoms with E-state index in [4.69, 9.17) is 9.84 Å². The maximum absolute atomic E-state index is 11.2. The van der Waals surface area contributed by atoms with Gasteiger partial charge in [0.2, 0.25) is 0 Å². The van der Waals surface area contributed by atoms with Crippen molar-refractivity contribution in [2.45, 2.75) is 18.9 Å². The molecule has 0 bridgehead atoms. The summed E-state index contributed by atoms with van der Waals surface area (Å²) in [5.74, 6) is -1.45. The number of carbonyl (C=O) groups is 2. The Bertz CT molecular complexity index is 249. The third-order valence-electron chi connectivity index (χ3n) is 2.40. The molecule has 2 fully saturated rings. The van der Waals surface area contributed by atoms with Crippen molar-refractivity contribution in [1.29, 1.82) is 0 Å². The van der Waals surface area contributed by atoms with Crippen LogP contribution in [0, 0.1) is 5.92 Å². The van der Waals surface area contributed by atoms with Crippen LogP contribution in [0.1, 0.15) is 12.8 Å². The molecule has 1 amide bonds. The fourth-order valence-electron chi connectivity index (χ4n) is 1.45. The normalized spacial score (nSPS) is 28.5. The summed E-state index contributed by atoms with van der Waals surface area (Å²) in [6.07, 6.45) is 1.59. The Hall–Kier alpha value is -1.26. The van der Waals surface area contributed by atoms with Gasteiger partial charge in [-0.15, -0.1) is 0 Å². The smallest absolute Gasteiger partial charge is 0.410 e. The lowest BCUT2D eigenvalue weighted by Crippen LogP contribution is -2.46. The Morgan fingerprint density at radius 2 is 2.23 bits per heavy atom. The van der Waals surface area contributed by atoms with Crippen molar-refractivity contribution in [3.63, 3.8) is 0 Å². The third kappa shape index (κ3) is 1.59. The molecule has 1 heterocycles. The molecule has 5 heteroatoms. The van der Waals surface area contributed by atoms with Crippen molar-refractivity contribution in [2.24, 2.45) is 5.92 Å². The van der Waals surface area contributed by atoms with Gasteiger partial charge in [-0.05, 0) is 12.8 Å². The number of aliphatic carboxylic acids is 1. The first-order chi connectivity index (χ1) is 6.18. The molecule has 2 aliphatic rings. The maximum Gasteiger partial charge on any atom is 0.410 e. The van der Waals surface area contributed by atoms with Crippen LogP contribution in [0.2, 0.25) is 0 Å². The van der Waals surface area contributed by atoms with Gasteiger partial charge in [-0.1, -0.05) is 0 Å². The number of hydrogen-bond donors (Lipinski definition) is 1. The minimum absolute atomic E-state index is 0.0113. The summed E-state index contributed by atoms with van der Waals surface area (Å²) < 4.78 is 4.77. The lowest BCUT2D eigenvalue weighted by atomic mass is 10.1. The highest BCUT2D eigenvalue weighted by Crippen LogP contribution is 2.29. The average molecular weight is 185 g/mol. The number of carbonyl (C=O) groups excluding carboxylic acids is 1. The Morgan fingerprint density at radius 3 is 2.77 bits per heavy atom. The van der Waals surface area contributed by atoms with Crippen molar-refractivity contribution in [2.75, 3.05) is 13.2 Å². The van der Waals surface area contributed by atoms with E-state index in [1.807, 2.05) is 0 Å². The van der Waals surface area contributed by atoms with Gasteiger partial charge in [-0.2, -0.15) is 0 Å². The molecule has 0 aromatic carbocycles. The molecule has 13 heavy (non-hydrogen) atoms. The molecule has 1 saturated heterocycles. The van der Waals surface area contributed by atoms with E-state index >= 15 is 0 Å². The molecule has 0 aromatic heterocycles. The number of carboxylic acid groups (broad SMARTS) is 1. The summed E-state index contributed by atoms with van der Waals surface area (Å²) in [4.78, 5) is 23.3. The molecule has 1 unspecified atom stereocenters. The summed E-state index contributed by atoms with van der Waals surface area (Å²) in [6.45, 7) is 0.316. The van der Waals surface area contributed by atoms with Crippen molar-refractivity contribution in [3.8, 4) is 0 Å². The largest absolute Gasteiger partial charge is 0.481 e. The fraction of sp³-hybridized carbons (Fsp3) is 0.750. The number of nitrogens with zero attached hydrogens (tertiary/aromatic N) is 1. The summed E-state index contributed by atoms with van der Waals surface area (Å²) in [7, 11) is 0. The molecule has 1 N–H and O–H groups in total. The molecule has 72 valence electrons. The summed E-state index contributed by atoms with van der Waals surface area (Å²) in [6, 6.07) is 0.231. The molecular weight excluding hydrogens is 174 g/mol.